The van der Waals surface area contributed by atoms with Crippen LogP contribution in [0.4, 0.5) is 0 Å². The molecule has 0 heterocycles. The van der Waals surface area contributed by atoms with Crippen LogP contribution in [0.2, 0.25) is 0 Å². The fraction of sp³-hybridized carbons (Fsp3) is 0.833. The Labute approximate surface area is 70.7 Å². The first-order valence-electron chi connectivity index (χ1n) is 3.72. The Bertz CT molecular complexity index is 186. The Morgan fingerprint density at radius 3 is 3.00 bits per heavy atom. The summed E-state index contributed by atoms with van der Waals surface area (Å²) in [4.78, 5) is 13.1. The van der Waals surface area contributed by atoms with Crippen molar-refractivity contribution in [3.05, 3.63) is 10.4 Å². The number of nitrogens with two attached hydrogens (primary N) is 1. The molecule has 1 amide bonds. The lowest BCUT2D eigenvalue weighted by Gasteiger charge is -2.07. The summed E-state index contributed by atoms with van der Waals surface area (Å²) in [6, 6.07) is -0.323. The molecule has 1 atom stereocenters. The van der Waals surface area contributed by atoms with Gasteiger partial charge in [-0.1, -0.05) is 5.11 Å². The summed E-state index contributed by atoms with van der Waals surface area (Å²) in [5.74, 6) is -0.376. The summed E-state index contributed by atoms with van der Waals surface area (Å²) < 4.78 is 0. The molecule has 0 aromatic rings. The summed E-state index contributed by atoms with van der Waals surface area (Å²) in [7, 11) is 0. The van der Waals surface area contributed by atoms with Crippen LogP contribution < -0.4 is 11.1 Å². The summed E-state index contributed by atoms with van der Waals surface area (Å²) in [5, 5.41) is 6.22. The standard InChI is InChI=1S/C6H13N5O/c1-5(6(7)12)9-3-2-4-10-11-8/h5,9H,2-4H2,1H3,(H2,7,12). The molecule has 6 nitrogen and oxygen atoms in total. The number of rotatable bonds is 6. The van der Waals surface area contributed by atoms with Gasteiger partial charge in [0, 0.05) is 11.5 Å². The number of nitrogens with zero attached hydrogens (tertiary/aromatic N) is 3. The summed E-state index contributed by atoms with van der Waals surface area (Å²) in [5.41, 5.74) is 12.9. The van der Waals surface area contributed by atoms with E-state index in [0.29, 0.717) is 19.5 Å². The number of hydrogen-bond donors (Lipinski definition) is 2. The van der Waals surface area contributed by atoms with Gasteiger partial charge in [0.25, 0.3) is 0 Å². The van der Waals surface area contributed by atoms with Crippen molar-refractivity contribution >= 4 is 5.91 Å². The zero-order chi connectivity index (χ0) is 9.40. The Balaban J connectivity index is 3.31. The minimum Gasteiger partial charge on any atom is -0.368 e. The molecule has 0 aliphatic carbocycles. The van der Waals surface area contributed by atoms with Crippen molar-refractivity contribution in [1.29, 1.82) is 0 Å². The molecule has 0 aromatic heterocycles. The molecule has 0 saturated heterocycles. The van der Waals surface area contributed by atoms with Crippen LogP contribution in [0, 0.1) is 0 Å². The van der Waals surface area contributed by atoms with E-state index in [4.69, 9.17) is 11.3 Å². The number of primary amides is 1. The van der Waals surface area contributed by atoms with Gasteiger partial charge in [-0.25, -0.2) is 0 Å². The van der Waals surface area contributed by atoms with Crippen molar-refractivity contribution in [2.75, 3.05) is 13.1 Å². The first-order valence-corrected chi connectivity index (χ1v) is 3.72. The molecule has 1 unspecified atom stereocenters. The summed E-state index contributed by atoms with van der Waals surface area (Å²) >= 11 is 0. The average Bonchev–Trinajstić information content (AvgIpc) is 2.03. The van der Waals surface area contributed by atoms with E-state index in [9.17, 15) is 4.79 Å². The van der Waals surface area contributed by atoms with Gasteiger partial charge in [-0.3, -0.25) is 4.79 Å². The van der Waals surface area contributed by atoms with Crippen LogP contribution in [0.25, 0.3) is 10.4 Å². The largest absolute Gasteiger partial charge is 0.368 e. The average molecular weight is 171 g/mol. The van der Waals surface area contributed by atoms with E-state index in [1.807, 2.05) is 0 Å². The lowest BCUT2D eigenvalue weighted by Crippen LogP contribution is -2.39. The molecule has 0 saturated carbocycles. The number of nitrogens with one attached hydrogen (secondary N) is 1. The highest BCUT2D eigenvalue weighted by molar-refractivity contribution is 5.79. The molecule has 12 heavy (non-hydrogen) atoms. The third-order valence-electron chi connectivity index (χ3n) is 1.38. The monoisotopic (exact) mass is 171 g/mol. The second-order valence-corrected chi connectivity index (χ2v) is 2.39. The minimum absolute atomic E-state index is 0.323. The van der Waals surface area contributed by atoms with E-state index in [1.54, 1.807) is 6.92 Å². The second-order valence-electron chi connectivity index (χ2n) is 2.39. The molecule has 0 spiro atoms. The molecular formula is C6H13N5O. The maximum atomic E-state index is 10.5. The van der Waals surface area contributed by atoms with Crippen molar-refractivity contribution in [2.24, 2.45) is 10.8 Å². The van der Waals surface area contributed by atoms with Gasteiger partial charge in [0.1, 0.15) is 0 Å². The number of carbonyl (C=O) groups excluding carboxylic acids is 1. The number of amides is 1. The van der Waals surface area contributed by atoms with Crippen LogP contribution in [0.15, 0.2) is 5.11 Å². The lowest BCUT2D eigenvalue weighted by atomic mass is 10.3. The lowest BCUT2D eigenvalue weighted by molar-refractivity contribution is -0.119. The predicted octanol–water partition coefficient (Wildman–Crippen LogP) is 0.150. The maximum Gasteiger partial charge on any atom is 0.234 e. The Morgan fingerprint density at radius 1 is 1.83 bits per heavy atom. The smallest absolute Gasteiger partial charge is 0.234 e. The molecule has 0 fully saturated rings. The third kappa shape index (κ3) is 5.52. The topological polar surface area (TPSA) is 104 Å². The number of carbonyl (C=O) groups is 1. The van der Waals surface area contributed by atoms with Crippen molar-refractivity contribution in [3.8, 4) is 0 Å². The molecule has 0 aromatic carbocycles. The van der Waals surface area contributed by atoms with Gasteiger partial charge in [0.2, 0.25) is 5.91 Å². The van der Waals surface area contributed by atoms with E-state index in [1.165, 1.54) is 0 Å². The van der Waals surface area contributed by atoms with Crippen molar-refractivity contribution in [1.82, 2.24) is 5.32 Å². The van der Waals surface area contributed by atoms with Crippen LogP contribution in [0.1, 0.15) is 13.3 Å². The van der Waals surface area contributed by atoms with Crippen LogP contribution in [-0.2, 0) is 4.79 Å². The van der Waals surface area contributed by atoms with Gasteiger partial charge >= 0.3 is 0 Å². The van der Waals surface area contributed by atoms with Crippen LogP contribution in [-0.4, -0.2) is 25.0 Å². The van der Waals surface area contributed by atoms with E-state index >= 15 is 0 Å². The highest BCUT2D eigenvalue weighted by Gasteiger charge is 2.05. The third-order valence-corrected chi connectivity index (χ3v) is 1.38. The zero-order valence-corrected chi connectivity index (χ0v) is 7.03. The predicted molar refractivity (Wildman–Crippen MR) is 45.3 cm³/mol. The Hall–Kier alpha value is -1.26. The fourth-order valence-electron chi connectivity index (χ4n) is 0.614. The molecular weight excluding hydrogens is 158 g/mol. The maximum absolute atomic E-state index is 10.5. The first-order chi connectivity index (χ1) is 5.68. The van der Waals surface area contributed by atoms with Gasteiger partial charge in [0.15, 0.2) is 0 Å². The van der Waals surface area contributed by atoms with Crippen molar-refractivity contribution in [3.63, 3.8) is 0 Å². The SMILES string of the molecule is CC(NCCCN=[N+]=[N-])C(N)=O. The molecule has 6 heteroatoms. The second kappa shape index (κ2) is 6.45. The van der Waals surface area contributed by atoms with Crippen LogP contribution >= 0.6 is 0 Å². The molecule has 0 radical (unpaired) electrons. The molecule has 0 bridgehead atoms. The summed E-state index contributed by atoms with van der Waals surface area (Å²) in [6.45, 7) is 2.76. The molecule has 0 aliphatic heterocycles. The molecule has 0 rings (SSSR count). The minimum atomic E-state index is -0.376. The highest BCUT2D eigenvalue weighted by atomic mass is 16.1. The van der Waals surface area contributed by atoms with E-state index in [2.05, 4.69) is 15.3 Å². The molecule has 0 aliphatic rings. The zero-order valence-electron chi connectivity index (χ0n) is 7.03. The Morgan fingerprint density at radius 2 is 2.50 bits per heavy atom. The van der Waals surface area contributed by atoms with Gasteiger partial charge in [-0.2, -0.15) is 0 Å². The van der Waals surface area contributed by atoms with Crippen LogP contribution in [0.5, 0.6) is 0 Å². The number of hydrogen-bond acceptors (Lipinski definition) is 3. The van der Waals surface area contributed by atoms with Gasteiger partial charge in [-0.15, -0.1) is 0 Å². The van der Waals surface area contributed by atoms with Gasteiger partial charge in [-0.05, 0) is 25.4 Å². The Kier molecular flexibility index (Phi) is 5.77. The van der Waals surface area contributed by atoms with Crippen molar-refractivity contribution in [2.45, 2.75) is 19.4 Å². The van der Waals surface area contributed by atoms with Crippen molar-refractivity contribution < 1.29 is 4.79 Å². The van der Waals surface area contributed by atoms with Gasteiger partial charge < -0.3 is 11.1 Å². The van der Waals surface area contributed by atoms with Gasteiger partial charge in [0.05, 0.1) is 6.04 Å². The molecule has 68 valence electrons. The van der Waals surface area contributed by atoms with Crippen LogP contribution in [0.3, 0.4) is 0 Å². The quantitative estimate of drug-likeness (QED) is 0.257. The summed E-state index contributed by atoms with van der Waals surface area (Å²) in [6.07, 6.45) is 0.710. The van der Waals surface area contributed by atoms with E-state index < -0.39 is 0 Å². The molecule has 3 N–H and O–H groups in total. The first kappa shape index (κ1) is 10.7. The van der Waals surface area contributed by atoms with E-state index in [0.717, 1.165) is 0 Å². The normalized spacial score (nSPS) is 11.8. The fourth-order valence-corrected chi connectivity index (χ4v) is 0.614. The highest BCUT2D eigenvalue weighted by Crippen LogP contribution is 1.82. The van der Waals surface area contributed by atoms with E-state index in [-0.39, 0.29) is 11.9 Å². The number of azide groups is 1.